The molecule has 1 aromatic heterocycles. The normalized spacial score (nSPS) is 14.1. The van der Waals surface area contributed by atoms with E-state index in [2.05, 4.69) is 33.9 Å². The van der Waals surface area contributed by atoms with E-state index in [9.17, 15) is 0 Å². The van der Waals surface area contributed by atoms with E-state index in [1.165, 1.54) is 18.4 Å². The first-order valence-corrected chi connectivity index (χ1v) is 7.68. The topological polar surface area (TPSA) is 55.0 Å². The van der Waals surface area contributed by atoms with Crippen LogP contribution < -0.4 is 10.6 Å². The molecule has 3 rings (SSSR count). The molecule has 4 nitrogen and oxygen atoms in total. The molecule has 0 radical (unpaired) electrons. The molecule has 0 atom stereocenters. The number of nitrogens with zero attached hydrogens (tertiary/aromatic N) is 3. The molecule has 2 aromatic rings. The molecule has 0 spiro atoms. The van der Waals surface area contributed by atoms with Crippen LogP contribution in [-0.4, -0.2) is 16.0 Å². The zero-order valence-corrected chi connectivity index (χ0v) is 12.5. The molecule has 0 amide bonds. The summed E-state index contributed by atoms with van der Waals surface area (Å²) in [5.74, 6) is 1.04. The molecular weight excluding hydrogens is 260 g/mol. The molecule has 1 aromatic carbocycles. The molecule has 0 aliphatic heterocycles. The lowest BCUT2D eigenvalue weighted by Gasteiger charge is -2.24. The number of nitrogen functional groups attached to an aromatic ring is 1. The van der Waals surface area contributed by atoms with Crippen molar-refractivity contribution in [2.75, 3.05) is 10.6 Å². The van der Waals surface area contributed by atoms with Crippen LogP contribution >= 0.6 is 0 Å². The Balaban J connectivity index is 1.83. The monoisotopic (exact) mass is 282 g/mol. The highest BCUT2D eigenvalue weighted by Crippen LogP contribution is 2.32. The minimum atomic E-state index is 0.607. The summed E-state index contributed by atoms with van der Waals surface area (Å²) < 4.78 is 0. The van der Waals surface area contributed by atoms with E-state index >= 15 is 0 Å². The van der Waals surface area contributed by atoms with Crippen molar-refractivity contribution in [1.82, 2.24) is 9.97 Å². The highest BCUT2D eigenvalue weighted by atomic mass is 15.2. The maximum Gasteiger partial charge on any atom is 0.132 e. The fourth-order valence-corrected chi connectivity index (χ4v) is 2.61. The Bertz CT molecular complexity index is 607. The number of anilines is 2. The van der Waals surface area contributed by atoms with Gasteiger partial charge in [0.2, 0.25) is 0 Å². The van der Waals surface area contributed by atoms with Crippen molar-refractivity contribution in [1.29, 1.82) is 0 Å². The van der Waals surface area contributed by atoms with Gasteiger partial charge in [-0.05, 0) is 37.0 Å². The van der Waals surface area contributed by atoms with Gasteiger partial charge in [0.05, 0.1) is 0 Å². The van der Waals surface area contributed by atoms with Gasteiger partial charge in [-0.1, -0.05) is 25.5 Å². The van der Waals surface area contributed by atoms with Gasteiger partial charge in [-0.3, -0.25) is 0 Å². The molecule has 110 valence electrons. The number of hydrogen-bond acceptors (Lipinski definition) is 4. The van der Waals surface area contributed by atoms with Gasteiger partial charge in [-0.2, -0.15) is 0 Å². The molecule has 4 heteroatoms. The van der Waals surface area contributed by atoms with Crippen LogP contribution in [0.25, 0.3) is 0 Å². The Hall–Kier alpha value is -2.10. The summed E-state index contributed by atoms with van der Waals surface area (Å²) in [6.07, 6.45) is 6.29. The Morgan fingerprint density at radius 1 is 1.24 bits per heavy atom. The van der Waals surface area contributed by atoms with Gasteiger partial charge in [0, 0.05) is 30.0 Å². The summed E-state index contributed by atoms with van der Waals surface area (Å²) in [6, 6.07) is 10.8. The van der Waals surface area contributed by atoms with E-state index in [4.69, 9.17) is 5.73 Å². The Labute approximate surface area is 126 Å². The molecule has 1 heterocycles. The SMILES string of the molecule is CCCc1cc(N(Cc2cccc(N)c2)C2CC2)ncn1. The van der Waals surface area contributed by atoms with Gasteiger partial charge in [0.15, 0.2) is 0 Å². The van der Waals surface area contributed by atoms with Crippen LogP contribution in [0.4, 0.5) is 11.5 Å². The highest BCUT2D eigenvalue weighted by Gasteiger charge is 2.30. The standard InChI is InChI=1S/C17H22N4/c1-2-4-15-10-17(20-12-19-15)21(16-7-8-16)11-13-5-3-6-14(18)9-13/h3,5-6,9-10,12,16H,2,4,7-8,11,18H2,1H3. The summed E-state index contributed by atoms with van der Waals surface area (Å²) in [6.45, 7) is 3.03. The van der Waals surface area contributed by atoms with Crippen LogP contribution in [0.15, 0.2) is 36.7 Å². The molecule has 1 aliphatic carbocycles. The molecule has 1 aliphatic rings. The van der Waals surface area contributed by atoms with Gasteiger partial charge in [-0.15, -0.1) is 0 Å². The average molecular weight is 282 g/mol. The maximum absolute atomic E-state index is 5.88. The summed E-state index contributed by atoms with van der Waals surface area (Å²) in [5.41, 5.74) is 9.06. The predicted molar refractivity (Wildman–Crippen MR) is 86.1 cm³/mol. The number of nitrogens with two attached hydrogens (primary N) is 1. The predicted octanol–water partition coefficient (Wildman–Crippen LogP) is 3.18. The fraction of sp³-hybridized carbons (Fsp3) is 0.412. The number of aryl methyl sites for hydroxylation is 1. The quantitative estimate of drug-likeness (QED) is 0.827. The number of rotatable bonds is 6. The molecule has 21 heavy (non-hydrogen) atoms. The molecular formula is C17H22N4. The minimum absolute atomic E-state index is 0.607. The van der Waals surface area contributed by atoms with Crippen molar-refractivity contribution in [3.05, 3.63) is 47.9 Å². The van der Waals surface area contributed by atoms with E-state index in [1.54, 1.807) is 6.33 Å². The molecule has 0 saturated heterocycles. The molecule has 0 unspecified atom stereocenters. The number of benzene rings is 1. The third-order valence-corrected chi connectivity index (χ3v) is 3.80. The van der Waals surface area contributed by atoms with Crippen molar-refractivity contribution < 1.29 is 0 Å². The first-order valence-electron chi connectivity index (χ1n) is 7.68. The third kappa shape index (κ3) is 3.51. The number of aromatic nitrogens is 2. The maximum atomic E-state index is 5.88. The summed E-state index contributed by atoms with van der Waals surface area (Å²) in [4.78, 5) is 11.2. The van der Waals surface area contributed by atoms with Gasteiger partial charge in [0.25, 0.3) is 0 Å². The highest BCUT2D eigenvalue weighted by molar-refractivity contribution is 5.46. The van der Waals surface area contributed by atoms with Crippen LogP contribution in [0.3, 0.4) is 0 Å². The molecule has 1 fully saturated rings. The largest absolute Gasteiger partial charge is 0.399 e. The average Bonchev–Trinajstić information content (AvgIpc) is 3.30. The third-order valence-electron chi connectivity index (χ3n) is 3.80. The molecule has 1 saturated carbocycles. The van der Waals surface area contributed by atoms with Crippen molar-refractivity contribution in [3.63, 3.8) is 0 Å². The van der Waals surface area contributed by atoms with Crippen molar-refractivity contribution in [3.8, 4) is 0 Å². The van der Waals surface area contributed by atoms with Crippen LogP contribution in [0, 0.1) is 0 Å². The first-order chi connectivity index (χ1) is 10.3. The Morgan fingerprint density at radius 3 is 2.81 bits per heavy atom. The number of hydrogen-bond donors (Lipinski definition) is 1. The fourth-order valence-electron chi connectivity index (χ4n) is 2.61. The lowest BCUT2D eigenvalue weighted by molar-refractivity contribution is 0.768. The van der Waals surface area contributed by atoms with Crippen LogP contribution in [0.2, 0.25) is 0 Å². The van der Waals surface area contributed by atoms with E-state index in [0.717, 1.165) is 36.6 Å². The second kappa shape index (κ2) is 6.12. The van der Waals surface area contributed by atoms with Gasteiger partial charge in [-0.25, -0.2) is 9.97 Å². The summed E-state index contributed by atoms with van der Waals surface area (Å²) in [5, 5.41) is 0. The Kier molecular flexibility index (Phi) is 4.04. The zero-order valence-electron chi connectivity index (χ0n) is 12.5. The lowest BCUT2D eigenvalue weighted by atomic mass is 10.2. The minimum Gasteiger partial charge on any atom is -0.399 e. The Morgan fingerprint density at radius 2 is 2.10 bits per heavy atom. The van der Waals surface area contributed by atoms with E-state index < -0.39 is 0 Å². The lowest BCUT2D eigenvalue weighted by Crippen LogP contribution is -2.26. The van der Waals surface area contributed by atoms with Gasteiger partial charge >= 0.3 is 0 Å². The second-order valence-electron chi connectivity index (χ2n) is 5.72. The summed E-state index contributed by atoms with van der Waals surface area (Å²) >= 11 is 0. The molecule has 2 N–H and O–H groups in total. The smallest absolute Gasteiger partial charge is 0.132 e. The van der Waals surface area contributed by atoms with Crippen LogP contribution in [0.1, 0.15) is 37.4 Å². The van der Waals surface area contributed by atoms with Crippen molar-refractivity contribution in [2.45, 2.75) is 45.2 Å². The van der Waals surface area contributed by atoms with Crippen LogP contribution in [-0.2, 0) is 13.0 Å². The van der Waals surface area contributed by atoms with Crippen LogP contribution in [0.5, 0.6) is 0 Å². The first kappa shape index (κ1) is 13.9. The van der Waals surface area contributed by atoms with Gasteiger partial charge < -0.3 is 10.6 Å². The van der Waals surface area contributed by atoms with E-state index in [0.29, 0.717) is 6.04 Å². The van der Waals surface area contributed by atoms with Crippen molar-refractivity contribution in [2.24, 2.45) is 0 Å². The summed E-state index contributed by atoms with van der Waals surface area (Å²) in [7, 11) is 0. The zero-order chi connectivity index (χ0) is 14.7. The van der Waals surface area contributed by atoms with Crippen molar-refractivity contribution >= 4 is 11.5 Å². The van der Waals surface area contributed by atoms with E-state index in [-0.39, 0.29) is 0 Å². The van der Waals surface area contributed by atoms with E-state index in [1.807, 2.05) is 18.2 Å². The van der Waals surface area contributed by atoms with Gasteiger partial charge in [0.1, 0.15) is 12.1 Å². The molecule has 0 bridgehead atoms. The second-order valence-corrected chi connectivity index (χ2v) is 5.72.